The zero-order valence-electron chi connectivity index (χ0n) is 17.5. The van der Waals surface area contributed by atoms with Gasteiger partial charge in [-0.1, -0.05) is 18.2 Å². The van der Waals surface area contributed by atoms with Crippen LogP contribution in [0.1, 0.15) is 22.1 Å². The summed E-state index contributed by atoms with van der Waals surface area (Å²) in [5.41, 5.74) is 3.71. The number of hydroxylamine groups is 1. The lowest BCUT2D eigenvalue weighted by molar-refractivity contribution is -0.224. The van der Waals surface area contributed by atoms with Crippen LogP contribution in [0, 0.1) is 0 Å². The van der Waals surface area contributed by atoms with Gasteiger partial charge >= 0.3 is 6.18 Å². The maximum Gasteiger partial charge on any atom is 0.430 e. The summed E-state index contributed by atoms with van der Waals surface area (Å²) >= 11 is 0. The maximum atomic E-state index is 12.8. The van der Waals surface area contributed by atoms with E-state index >= 15 is 0 Å². The normalized spacial score (nSPS) is 25.4. The Bertz CT molecular complexity index is 935. The molecule has 0 radical (unpaired) electrons. The van der Waals surface area contributed by atoms with Gasteiger partial charge in [0.15, 0.2) is 0 Å². The third-order valence-electron chi connectivity index (χ3n) is 5.48. The summed E-state index contributed by atoms with van der Waals surface area (Å²) in [6.07, 6.45) is -2.25. The summed E-state index contributed by atoms with van der Waals surface area (Å²) in [6, 6.07) is 5.79. The average molecular weight is 467 g/mol. The molecule has 4 rings (SSSR count). The number of carbonyl (C=O) groups excluding carboxylic acids is 2. The topological polar surface area (TPSA) is 104 Å². The van der Waals surface area contributed by atoms with Crippen molar-refractivity contribution in [1.29, 1.82) is 0 Å². The Labute approximate surface area is 187 Å². The van der Waals surface area contributed by atoms with Crippen molar-refractivity contribution in [3.63, 3.8) is 0 Å². The second-order valence-corrected chi connectivity index (χ2v) is 7.72. The molecule has 0 spiro atoms. The van der Waals surface area contributed by atoms with Crippen molar-refractivity contribution in [2.75, 3.05) is 32.8 Å². The van der Waals surface area contributed by atoms with Crippen LogP contribution in [-0.2, 0) is 14.4 Å². The van der Waals surface area contributed by atoms with Gasteiger partial charge in [-0.25, -0.2) is 0 Å². The Hall–Kier alpha value is -2.93. The maximum absolute atomic E-state index is 12.8. The van der Waals surface area contributed by atoms with E-state index in [0.717, 1.165) is 0 Å². The minimum Gasteiger partial charge on any atom is -0.387 e. The summed E-state index contributed by atoms with van der Waals surface area (Å²) in [7, 11) is 0. The number of halogens is 3. The number of morpholine rings is 1. The standard InChI is InChI=1S/C21H24F3N5O4/c22-21(23,24)20-27-17(28-33-20)13-1-3-14(4-2-13)18(30)26-11-16-12-32-10-9-29(16)19(31)15-5-7-25-8-6-15/h1-7,16-17,20,25,27-28H,8-12H2,(H,26,30). The predicted octanol–water partition coefficient (Wildman–Crippen LogP) is 0.699. The van der Waals surface area contributed by atoms with Crippen LogP contribution in [0.4, 0.5) is 13.2 Å². The lowest BCUT2D eigenvalue weighted by Gasteiger charge is -2.36. The molecule has 0 bridgehead atoms. The molecule has 3 aliphatic rings. The smallest absolute Gasteiger partial charge is 0.387 e. The molecule has 3 atom stereocenters. The van der Waals surface area contributed by atoms with Gasteiger partial charge in [0.2, 0.25) is 6.23 Å². The van der Waals surface area contributed by atoms with Gasteiger partial charge in [0.25, 0.3) is 11.8 Å². The molecule has 3 unspecified atom stereocenters. The van der Waals surface area contributed by atoms with Gasteiger partial charge in [-0.3, -0.25) is 19.7 Å². The molecule has 3 aliphatic heterocycles. The van der Waals surface area contributed by atoms with Gasteiger partial charge in [0.05, 0.1) is 19.3 Å². The highest BCUT2D eigenvalue weighted by Crippen LogP contribution is 2.27. The second-order valence-electron chi connectivity index (χ2n) is 7.72. The molecule has 4 N–H and O–H groups in total. The first kappa shape index (κ1) is 23.2. The summed E-state index contributed by atoms with van der Waals surface area (Å²) in [5.74, 6) is -0.479. The van der Waals surface area contributed by atoms with Crippen LogP contribution in [0.15, 0.2) is 48.2 Å². The molecule has 9 nitrogen and oxygen atoms in total. The number of carbonyl (C=O) groups is 2. The molecule has 0 aromatic heterocycles. The highest BCUT2D eigenvalue weighted by molar-refractivity contribution is 5.97. The van der Waals surface area contributed by atoms with Crippen LogP contribution in [0.25, 0.3) is 0 Å². The van der Waals surface area contributed by atoms with Crippen molar-refractivity contribution in [1.82, 2.24) is 26.3 Å². The monoisotopic (exact) mass is 467 g/mol. The van der Waals surface area contributed by atoms with E-state index < -0.39 is 18.6 Å². The highest BCUT2D eigenvalue weighted by atomic mass is 19.4. The summed E-state index contributed by atoms with van der Waals surface area (Å²) in [5, 5.41) is 8.09. The zero-order valence-corrected chi connectivity index (χ0v) is 17.5. The number of hydrogen-bond donors (Lipinski definition) is 4. The fraction of sp³-hybridized carbons (Fsp3) is 0.429. The van der Waals surface area contributed by atoms with Crippen molar-refractivity contribution in [3.05, 3.63) is 59.3 Å². The molecule has 12 heteroatoms. The molecule has 33 heavy (non-hydrogen) atoms. The number of hydrogen-bond acceptors (Lipinski definition) is 7. The third kappa shape index (κ3) is 5.53. The van der Waals surface area contributed by atoms with Crippen LogP contribution in [-0.4, -0.2) is 68.0 Å². The van der Waals surface area contributed by atoms with Gasteiger partial charge in [0, 0.05) is 30.8 Å². The van der Waals surface area contributed by atoms with Crippen LogP contribution in [0.3, 0.4) is 0 Å². The Balaban J connectivity index is 1.33. The number of alkyl halides is 3. The summed E-state index contributed by atoms with van der Waals surface area (Å²) in [4.78, 5) is 31.7. The minimum atomic E-state index is -4.54. The number of nitrogens with zero attached hydrogens (tertiary/aromatic N) is 1. The molecule has 2 saturated heterocycles. The number of benzene rings is 1. The van der Waals surface area contributed by atoms with Gasteiger partial charge in [-0.05, 0) is 30.0 Å². The van der Waals surface area contributed by atoms with Crippen molar-refractivity contribution in [2.45, 2.75) is 24.6 Å². The fourth-order valence-corrected chi connectivity index (χ4v) is 3.69. The van der Waals surface area contributed by atoms with Crippen LogP contribution >= 0.6 is 0 Å². The second kappa shape index (κ2) is 9.91. The highest BCUT2D eigenvalue weighted by Gasteiger charge is 2.46. The molecule has 0 aliphatic carbocycles. The molecule has 1 aromatic carbocycles. The molecule has 2 fully saturated rings. The molecular formula is C21H24F3N5O4. The van der Waals surface area contributed by atoms with Crippen LogP contribution in [0.2, 0.25) is 0 Å². The largest absolute Gasteiger partial charge is 0.430 e. The third-order valence-corrected chi connectivity index (χ3v) is 5.48. The van der Waals surface area contributed by atoms with Gasteiger partial charge in [-0.2, -0.15) is 18.7 Å². The molecular weight excluding hydrogens is 443 g/mol. The van der Waals surface area contributed by atoms with Crippen molar-refractivity contribution in [3.8, 4) is 0 Å². The Morgan fingerprint density at radius 2 is 2.00 bits per heavy atom. The number of nitrogens with one attached hydrogen (secondary N) is 4. The van der Waals surface area contributed by atoms with E-state index in [1.807, 2.05) is 6.08 Å². The molecule has 3 heterocycles. The van der Waals surface area contributed by atoms with E-state index in [1.54, 1.807) is 17.2 Å². The van der Waals surface area contributed by atoms with Gasteiger partial charge < -0.3 is 20.3 Å². The quantitative estimate of drug-likeness (QED) is 0.506. The Morgan fingerprint density at radius 1 is 1.21 bits per heavy atom. The summed E-state index contributed by atoms with van der Waals surface area (Å²) < 4.78 is 43.6. The Morgan fingerprint density at radius 3 is 2.67 bits per heavy atom. The molecule has 2 amide bonds. The zero-order chi connectivity index (χ0) is 23.4. The van der Waals surface area contributed by atoms with Crippen molar-refractivity contribution in [2.24, 2.45) is 0 Å². The lowest BCUT2D eigenvalue weighted by Crippen LogP contribution is -2.54. The van der Waals surface area contributed by atoms with Crippen molar-refractivity contribution < 1.29 is 32.3 Å². The first-order valence-electron chi connectivity index (χ1n) is 10.4. The SMILES string of the molecule is O=C(NCC1COCCN1C(=O)C1=CCNC=C1)c1ccc(C2NOC(C(F)(F)F)N2)cc1. The number of rotatable bonds is 5. The van der Waals surface area contributed by atoms with E-state index in [1.165, 1.54) is 24.3 Å². The first-order valence-corrected chi connectivity index (χ1v) is 10.4. The van der Waals surface area contributed by atoms with Crippen LogP contribution < -0.4 is 21.4 Å². The number of amides is 2. The molecule has 1 aromatic rings. The predicted molar refractivity (Wildman–Crippen MR) is 110 cm³/mol. The number of dihydropyridines is 1. The van der Waals surface area contributed by atoms with Crippen molar-refractivity contribution >= 4 is 11.8 Å². The van der Waals surface area contributed by atoms with E-state index in [9.17, 15) is 22.8 Å². The van der Waals surface area contributed by atoms with E-state index in [-0.39, 0.29) is 24.4 Å². The van der Waals surface area contributed by atoms with Gasteiger partial charge in [0.1, 0.15) is 6.17 Å². The molecule has 178 valence electrons. The van der Waals surface area contributed by atoms with E-state index in [0.29, 0.717) is 43.0 Å². The van der Waals surface area contributed by atoms with Crippen LogP contribution in [0.5, 0.6) is 0 Å². The lowest BCUT2D eigenvalue weighted by atomic mass is 10.1. The Kier molecular flexibility index (Phi) is 6.98. The fourth-order valence-electron chi connectivity index (χ4n) is 3.69. The molecule has 0 saturated carbocycles. The average Bonchev–Trinajstić information content (AvgIpc) is 3.34. The van der Waals surface area contributed by atoms with Gasteiger partial charge in [-0.15, -0.1) is 0 Å². The first-order chi connectivity index (χ1) is 15.8. The van der Waals surface area contributed by atoms with E-state index in [4.69, 9.17) is 4.74 Å². The number of ether oxygens (including phenoxy) is 1. The van der Waals surface area contributed by atoms with E-state index in [2.05, 4.69) is 26.3 Å². The minimum absolute atomic E-state index is 0.115. The summed E-state index contributed by atoms with van der Waals surface area (Å²) in [6.45, 7) is 1.94.